The van der Waals surface area contributed by atoms with Gasteiger partial charge in [-0.15, -0.1) is 0 Å². The van der Waals surface area contributed by atoms with E-state index in [4.69, 9.17) is 14.9 Å². The molecule has 6 aliphatic rings. The summed E-state index contributed by atoms with van der Waals surface area (Å²) in [6, 6.07) is 2.24. The molecule has 0 bridgehead atoms. The second-order valence-electron chi connectivity index (χ2n) is 18.8. The van der Waals surface area contributed by atoms with Crippen LogP contribution in [0.5, 0.6) is 0 Å². The maximum absolute atomic E-state index is 12.9. The number of nitrogens with one attached hydrogen (secondary N) is 1. The van der Waals surface area contributed by atoms with Crippen LogP contribution < -0.4 is 5.73 Å². The van der Waals surface area contributed by atoms with Gasteiger partial charge >= 0.3 is 5.97 Å². The maximum Gasteiger partial charge on any atom is 0.306 e. The van der Waals surface area contributed by atoms with Crippen LogP contribution in [0.15, 0.2) is 22.3 Å². The lowest BCUT2D eigenvalue weighted by Crippen LogP contribution is -2.64. The molecule has 0 spiro atoms. The molecule has 4 N–H and O–H groups in total. The van der Waals surface area contributed by atoms with Crippen LogP contribution in [0.3, 0.4) is 0 Å². The molecule has 5 aliphatic carbocycles. The number of nitrogens with zero attached hydrogens (tertiary/aromatic N) is 2. The third-order valence-corrected chi connectivity index (χ3v) is 15.7. The van der Waals surface area contributed by atoms with Gasteiger partial charge in [0.2, 0.25) is 0 Å². The molecular formula is C40H58N4O4. The van der Waals surface area contributed by atoms with Crippen molar-refractivity contribution in [2.45, 2.75) is 112 Å². The van der Waals surface area contributed by atoms with Crippen LogP contribution in [0.25, 0.3) is 5.57 Å². The van der Waals surface area contributed by atoms with E-state index < -0.39 is 5.97 Å². The number of nitrogen functional groups attached to an aromatic ring is 1. The van der Waals surface area contributed by atoms with Crippen molar-refractivity contribution >= 4 is 17.4 Å². The predicted octanol–water partition coefficient (Wildman–Crippen LogP) is 7.70. The standard InChI is InChI=1S/C40H58N4O4/c1-36(2)19-26-23(27(20-36)35(45)46)8-11-40(7)32(26)25(24-10-15-48-29(24)22-44-13-16-47-17-14-44)18-31-38(5)21-28-33(42-43-34(28)41)37(3,4)30(38)9-12-39(31,40)6/h10,15,23,26-27,30-31H,8-9,11-14,16-22H2,1-7H3,(H,45,46)(H3,41,42,43)/t23?,26?,27-,30?,31?,38?,39?,40?/m1/s1. The molecule has 0 aromatic carbocycles. The molecule has 2 aromatic rings. The monoisotopic (exact) mass is 658 g/mol. The van der Waals surface area contributed by atoms with Gasteiger partial charge in [-0.25, -0.2) is 0 Å². The molecule has 0 radical (unpaired) electrons. The number of fused-ring (bicyclic) bond motifs is 8. The number of morpholine rings is 1. The van der Waals surface area contributed by atoms with Gasteiger partial charge in [0, 0.05) is 35.3 Å². The first-order chi connectivity index (χ1) is 22.6. The number of nitrogens with two attached hydrogens (primary N) is 1. The lowest BCUT2D eigenvalue weighted by atomic mass is 9.33. The van der Waals surface area contributed by atoms with Gasteiger partial charge in [-0.05, 0) is 108 Å². The van der Waals surface area contributed by atoms with E-state index in [2.05, 4.69) is 69.6 Å². The zero-order chi connectivity index (χ0) is 34.0. The van der Waals surface area contributed by atoms with Crippen molar-refractivity contribution in [3.05, 3.63) is 40.5 Å². The average Bonchev–Trinajstić information content (AvgIpc) is 3.63. The van der Waals surface area contributed by atoms with Crippen LogP contribution in [0.2, 0.25) is 0 Å². The van der Waals surface area contributed by atoms with E-state index in [1.54, 1.807) is 5.57 Å². The van der Waals surface area contributed by atoms with Crippen molar-refractivity contribution in [1.29, 1.82) is 0 Å². The third kappa shape index (κ3) is 4.46. The van der Waals surface area contributed by atoms with E-state index >= 15 is 0 Å². The summed E-state index contributed by atoms with van der Waals surface area (Å²) in [6.07, 6.45) is 10.1. The summed E-state index contributed by atoms with van der Waals surface area (Å²) >= 11 is 0. The van der Waals surface area contributed by atoms with E-state index in [1.165, 1.54) is 35.2 Å². The highest BCUT2D eigenvalue weighted by molar-refractivity contribution is 5.75. The minimum absolute atomic E-state index is 0.0294. The molecule has 3 heterocycles. The molecule has 2 aromatic heterocycles. The molecule has 1 saturated heterocycles. The van der Waals surface area contributed by atoms with Crippen molar-refractivity contribution in [3.8, 4) is 0 Å². The summed E-state index contributed by atoms with van der Waals surface area (Å²) in [7, 11) is 0. The summed E-state index contributed by atoms with van der Waals surface area (Å²) < 4.78 is 12.1. The summed E-state index contributed by atoms with van der Waals surface area (Å²) in [6.45, 7) is 21.4. The summed E-state index contributed by atoms with van der Waals surface area (Å²) in [5, 5.41) is 18.5. The fraction of sp³-hybridized carbons (Fsp3) is 0.750. The first-order valence-corrected chi connectivity index (χ1v) is 18.8. The van der Waals surface area contributed by atoms with Gasteiger partial charge in [0.05, 0.1) is 31.9 Å². The Morgan fingerprint density at radius 2 is 1.81 bits per heavy atom. The zero-order valence-corrected chi connectivity index (χ0v) is 30.4. The molecule has 8 rings (SSSR count). The third-order valence-electron chi connectivity index (χ3n) is 15.7. The first kappa shape index (κ1) is 32.6. The Balaban J connectivity index is 1.32. The van der Waals surface area contributed by atoms with Crippen LogP contribution in [0, 0.1) is 51.2 Å². The zero-order valence-electron chi connectivity index (χ0n) is 30.4. The second-order valence-corrected chi connectivity index (χ2v) is 18.8. The van der Waals surface area contributed by atoms with Gasteiger partial charge in [-0.3, -0.25) is 14.8 Å². The fourth-order valence-corrected chi connectivity index (χ4v) is 13.4. The molecule has 8 nitrogen and oxygen atoms in total. The molecule has 0 amide bonds. The highest BCUT2D eigenvalue weighted by atomic mass is 16.5. The fourth-order valence-electron chi connectivity index (χ4n) is 13.4. The minimum Gasteiger partial charge on any atom is -0.481 e. The molecule has 8 heteroatoms. The Hall–Kier alpha value is -2.58. The van der Waals surface area contributed by atoms with Crippen molar-refractivity contribution in [2.24, 2.45) is 51.2 Å². The number of ether oxygens (including phenoxy) is 1. The van der Waals surface area contributed by atoms with E-state index in [-0.39, 0.29) is 44.8 Å². The quantitative estimate of drug-likeness (QED) is 0.308. The minimum atomic E-state index is -0.606. The van der Waals surface area contributed by atoms with Gasteiger partial charge in [0.25, 0.3) is 0 Å². The highest BCUT2D eigenvalue weighted by Crippen LogP contribution is 2.76. The van der Waals surface area contributed by atoms with Crippen LogP contribution >= 0.6 is 0 Å². The van der Waals surface area contributed by atoms with E-state index in [9.17, 15) is 9.90 Å². The predicted molar refractivity (Wildman–Crippen MR) is 187 cm³/mol. The van der Waals surface area contributed by atoms with Crippen molar-refractivity contribution in [1.82, 2.24) is 15.1 Å². The summed E-state index contributed by atoms with van der Waals surface area (Å²) in [5.41, 5.74) is 13.4. The smallest absolute Gasteiger partial charge is 0.306 e. The lowest BCUT2D eigenvalue weighted by Gasteiger charge is -2.70. The number of hydrogen-bond donors (Lipinski definition) is 3. The molecule has 48 heavy (non-hydrogen) atoms. The number of carboxylic acids is 1. The molecule has 1 aliphatic heterocycles. The first-order valence-electron chi connectivity index (χ1n) is 18.8. The number of carbonyl (C=O) groups is 1. The van der Waals surface area contributed by atoms with Crippen LogP contribution in [0.4, 0.5) is 5.82 Å². The molecular weight excluding hydrogens is 600 g/mol. The van der Waals surface area contributed by atoms with E-state index in [0.717, 1.165) is 77.1 Å². The van der Waals surface area contributed by atoms with Crippen molar-refractivity contribution < 1.29 is 19.1 Å². The molecule has 7 unspecified atom stereocenters. The Bertz CT molecular complexity index is 1650. The molecule has 4 fully saturated rings. The molecule has 8 atom stereocenters. The Labute approximate surface area is 286 Å². The van der Waals surface area contributed by atoms with Gasteiger partial charge in [-0.2, -0.15) is 5.10 Å². The number of hydrogen-bond acceptors (Lipinski definition) is 6. The van der Waals surface area contributed by atoms with Crippen LogP contribution in [-0.2, 0) is 27.9 Å². The number of rotatable bonds is 4. The highest BCUT2D eigenvalue weighted by Gasteiger charge is 2.68. The van der Waals surface area contributed by atoms with Crippen LogP contribution in [-0.4, -0.2) is 52.5 Å². The normalized spacial score (nSPS) is 40.3. The maximum atomic E-state index is 12.9. The summed E-state index contributed by atoms with van der Waals surface area (Å²) in [4.78, 5) is 15.4. The van der Waals surface area contributed by atoms with Crippen molar-refractivity contribution in [3.63, 3.8) is 0 Å². The number of anilines is 1. The topological polar surface area (TPSA) is 118 Å². The number of aliphatic carboxylic acids is 1. The largest absolute Gasteiger partial charge is 0.481 e. The van der Waals surface area contributed by atoms with Crippen molar-refractivity contribution in [2.75, 3.05) is 32.0 Å². The van der Waals surface area contributed by atoms with Gasteiger partial charge in [0.15, 0.2) is 0 Å². The van der Waals surface area contributed by atoms with Crippen LogP contribution in [0.1, 0.15) is 116 Å². The van der Waals surface area contributed by atoms with Gasteiger partial charge in [-0.1, -0.05) is 54.0 Å². The van der Waals surface area contributed by atoms with Gasteiger partial charge in [0.1, 0.15) is 11.6 Å². The molecule has 3 saturated carbocycles. The number of aromatic nitrogens is 2. The van der Waals surface area contributed by atoms with E-state index in [0.29, 0.717) is 17.7 Å². The Kier molecular flexibility index (Phi) is 7.28. The molecule has 262 valence electrons. The number of aromatic amines is 1. The average molecular weight is 659 g/mol. The Morgan fingerprint density at radius 3 is 2.54 bits per heavy atom. The number of allylic oxidation sites excluding steroid dienone is 2. The lowest BCUT2D eigenvalue weighted by molar-refractivity contribution is -0.161. The number of carboxylic acid groups (broad SMARTS) is 1. The summed E-state index contributed by atoms with van der Waals surface area (Å²) in [5.74, 6) is 2.19. The SMILES string of the molecule is CC1(C)CC2C3=C(c4ccoc4CN4CCOCC4)CC4C5(C)Cc6c(N)n[nH]c6C(C)(C)C5CCC4(C)C3(C)CCC2[C@H](C(=O)O)C1. The number of furan rings is 1. The van der Waals surface area contributed by atoms with Gasteiger partial charge < -0.3 is 20.0 Å². The Morgan fingerprint density at radius 1 is 1.06 bits per heavy atom. The van der Waals surface area contributed by atoms with E-state index in [1.807, 2.05) is 6.26 Å². The number of H-pyrrole nitrogens is 1. The second kappa shape index (κ2) is 10.7.